The maximum absolute atomic E-state index is 13.7. The summed E-state index contributed by atoms with van der Waals surface area (Å²) < 4.78 is 3.76. The molecule has 1 aliphatic rings. The zero-order valence-corrected chi connectivity index (χ0v) is 18.9. The van der Waals surface area contributed by atoms with Gasteiger partial charge in [-0.1, -0.05) is 44.1 Å². The van der Waals surface area contributed by atoms with Gasteiger partial charge in [0.05, 0.1) is 11.1 Å². The lowest BCUT2D eigenvalue weighted by atomic mass is 9.89. The van der Waals surface area contributed by atoms with Crippen molar-refractivity contribution in [1.82, 2.24) is 19.2 Å². The van der Waals surface area contributed by atoms with Crippen LogP contribution in [0.1, 0.15) is 37.6 Å². The Morgan fingerprint density at radius 1 is 1.24 bits per heavy atom. The van der Waals surface area contributed by atoms with Gasteiger partial charge in [0.1, 0.15) is 4.83 Å². The lowest BCUT2D eigenvalue weighted by molar-refractivity contribution is 0.508. The smallest absolute Gasteiger partial charge is 0.268 e. The SMILES string of the molecule is CC(C)Sc1nnc2n(-c3ccc(Cl)cc3)c(=O)c3c4c(sc3n12)CC[C@@H](C)C4. The third kappa shape index (κ3) is 3.10. The number of hydrogen-bond acceptors (Lipinski definition) is 5. The molecular formula is C21H21ClN4OS2. The highest BCUT2D eigenvalue weighted by molar-refractivity contribution is 7.99. The molecule has 3 heterocycles. The summed E-state index contributed by atoms with van der Waals surface area (Å²) >= 11 is 9.49. The van der Waals surface area contributed by atoms with Crippen LogP contribution >= 0.6 is 34.7 Å². The molecule has 0 fully saturated rings. The van der Waals surface area contributed by atoms with Crippen LogP contribution in [0, 0.1) is 5.92 Å². The van der Waals surface area contributed by atoms with E-state index in [-0.39, 0.29) is 5.56 Å². The monoisotopic (exact) mass is 444 g/mol. The number of hydrogen-bond donors (Lipinski definition) is 0. The standard InChI is InChI=1S/C21H21ClN4OS2/c1-11(2)28-21-24-23-20-25(14-7-5-13(22)6-8-14)18(27)17-15-10-12(3)4-9-16(15)29-19(17)26(20)21/h5-8,11-12H,4,9-10H2,1-3H3/t12-/m1/s1. The fourth-order valence-corrected chi connectivity index (χ4v) is 6.32. The Balaban J connectivity index is 1.92. The summed E-state index contributed by atoms with van der Waals surface area (Å²) in [5, 5.41) is 11.5. The highest BCUT2D eigenvalue weighted by Gasteiger charge is 2.27. The van der Waals surface area contributed by atoms with E-state index < -0.39 is 0 Å². The molecule has 0 saturated carbocycles. The molecule has 1 aliphatic carbocycles. The predicted molar refractivity (Wildman–Crippen MR) is 121 cm³/mol. The fraction of sp³-hybridized carbons (Fsp3) is 0.381. The predicted octanol–water partition coefficient (Wildman–Crippen LogP) is 5.37. The number of thioether (sulfide) groups is 1. The van der Waals surface area contributed by atoms with Crippen LogP contribution in [0.3, 0.4) is 0 Å². The number of benzene rings is 1. The first kappa shape index (κ1) is 19.2. The van der Waals surface area contributed by atoms with E-state index >= 15 is 0 Å². The molecule has 0 aliphatic heterocycles. The number of fused-ring (bicyclic) bond motifs is 5. The first-order valence-corrected chi connectivity index (χ1v) is 11.9. The molecule has 8 heteroatoms. The Morgan fingerprint density at radius 2 is 2.00 bits per heavy atom. The molecule has 0 bridgehead atoms. The van der Waals surface area contributed by atoms with Gasteiger partial charge in [-0.15, -0.1) is 21.5 Å². The van der Waals surface area contributed by atoms with Crippen LogP contribution in [0.25, 0.3) is 21.7 Å². The Bertz CT molecular complexity index is 1290. The van der Waals surface area contributed by atoms with Crippen molar-refractivity contribution in [2.24, 2.45) is 5.92 Å². The van der Waals surface area contributed by atoms with Gasteiger partial charge in [-0.25, -0.2) is 8.97 Å². The summed E-state index contributed by atoms with van der Waals surface area (Å²) in [4.78, 5) is 16.1. The number of aromatic nitrogens is 4. The lowest BCUT2D eigenvalue weighted by Gasteiger charge is -2.18. The molecule has 0 spiro atoms. The largest absolute Gasteiger partial charge is 0.268 e. The molecule has 5 nitrogen and oxygen atoms in total. The van der Waals surface area contributed by atoms with Crippen molar-refractivity contribution in [3.8, 4) is 5.69 Å². The number of rotatable bonds is 3. The summed E-state index contributed by atoms with van der Waals surface area (Å²) in [6.07, 6.45) is 3.15. The maximum atomic E-state index is 13.7. The van der Waals surface area contributed by atoms with Gasteiger partial charge in [-0.2, -0.15) is 0 Å². The Hall–Kier alpha value is -1.83. The van der Waals surface area contributed by atoms with Crippen LogP contribution in [0.4, 0.5) is 0 Å². The maximum Gasteiger partial charge on any atom is 0.268 e. The van der Waals surface area contributed by atoms with Crippen LogP contribution in [-0.4, -0.2) is 24.4 Å². The molecule has 150 valence electrons. The summed E-state index contributed by atoms with van der Waals surface area (Å²) in [6, 6.07) is 7.33. The number of nitrogens with zero attached hydrogens (tertiary/aromatic N) is 4. The molecule has 4 aromatic rings. The molecule has 5 rings (SSSR count). The van der Waals surface area contributed by atoms with Crippen LogP contribution in [0.15, 0.2) is 34.2 Å². The van der Waals surface area contributed by atoms with E-state index in [1.807, 2.05) is 12.1 Å². The number of aryl methyl sites for hydroxylation is 1. The first-order valence-electron chi connectivity index (χ1n) is 9.81. The van der Waals surface area contributed by atoms with Gasteiger partial charge < -0.3 is 0 Å². The molecule has 0 saturated heterocycles. The molecule has 0 radical (unpaired) electrons. The van der Waals surface area contributed by atoms with Crippen LogP contribution in [0.2, 0.25) is 5.02 Å². The zero-order chi connectivity index (χ0) is 20.3. The van der Waals surface area contributed by atoms with Crippen LogP contribution in [0.5, 0.6) is 0 Å². The Morgan fingerprint density at radius 3 is 2.72 bits per heavy atom. The van der Waals surface area contributed by atoms with Crippen LogP contribution < -0.4 is 5.56 Å². The molecule has 0 N–H and O–H groups in total. The second-order valence-electron chi connectivity index (χ2n) is 7.93. The number of halogens is 1. The van der Waals surface area contributed by atoms with Gasteiger partial charge >= 0.3 is 0 Å². The highest BCUT2D eigenvalue weighted by atomic mass is 35.5. The molecule has 3 aromatic heterocycles. The second kappa shape index (κ2) is 7.15. The average molecular weight is 445 g/mol. The van der Waals surface area contributed by atoms with Crippen molar-refractivity contribution in [2.75, 3.05) is 0 Å². The van der Waals surface area contributed by atoms with E-state index in [2.05, 4.69) is 35.4 Å². The van der Waals surface area contributed by atoms with Gasteiger partial charge in [0.25, 0.3) is 5.56 Å². The average Bonchev–Trinajstić information content (AvgIpc) is 3.24. The molecule has 1 aromatic carbocycles. The molecule has 0 amide bonds. The quantitative estimate of drug-likeness (QED) is 0.398. The summed E-state index contributed by atoms with van der Waals surface area (Å²) in [5.41, 5.74) is 1.95. The van der Waals surface area contributed by atoms with E-state index in [0.717, 1.165) is 33.9 Å². The fourth-order valence-electron chi connectivity index (χ4n) is 4.02. The summed E-state index contributed by atoms with van der Waals surface area (Å²) in [6.45, 7) is 6.54. The molecular weight excluding hydrogens is 424 g/mol. The minimum absolute atomic E-state index is 0.0186. The Labute approximate surface area is 181 Å². The van der Waals surface area contributed by atoms with Gasteiger partial charge in [-0.05, 0) is 55.0 Å². The van der Waals surface area contributed by atoms with E-state index in [1.165, 1.54) is 16.9 Å². The molecule has 1 atom stereocenters. The van der Waals surface area contributed by atoms with Gasteiger partial charge in [0.2, 0.25) is 5.78 Å². The van der Waals surface area contributed by atoms with Crippen molar-refractivity contribution in [2.45, 2.75) is 50.4 Å². The van der Waals surface area contributed by atoms with Crippen LogP contribution in [-0.2, 0) is 12.8 Å². The van der Waals surface area contributed by atoms with Gasteiger partial charge in [0, 0.05) is 15.1 Å². The molecule has 0 unspecified atom stereocenters. The molecule has 29 heavy (non-hydrogen) atoms. The minimum atomic E-state index is -0.0186. The highest BCUT2D eigenvalue weighted by Crippen LogP contribution is 2.38. The number of thiophene rings is 1. The second-order valence-corrected chi connectivity index (χ2v) is 11.0. The van der Waals surface area contributed by atoms with Crippen molar-refractivity contribution in [3.05, 3.63) is 50.1 Å². The van der Waals surface area contributed by atoms with Gasteiger partial charge in [-0.3, -0.25) is 4.79 Å². The minimum Gasteiger partial charge on any atom is -0.268 e. The van der Waals surface area contributed by atoms with E-state index in [0.29, 0.717) is 22.0 Å². The van der Waals surface area contributed by atoms with Crippen molar-refractivity contribution in [1.29, 1.82) is 0 Å². The summed E-state index contributed by atoms with van der Waals surface area (Å²) in [7, 11) is 0. The van der Waals surface area contributed by atoms with Crippen molar-refractivity contribution >= 4 is 50.7 Å². The third-order valence-electron chi connectivity index (χ3n) is 5.35. The summed E-state index contributed by atoms with van der Waals surface area (Å²) in [5.74, 6) is 1.14. The van der Waals surface area contributed by atoms with Crippen molar-refractivity contribution < 1.29 is 0 Å². The van der Waals surface area contributed by atoms with Gasteiger partial charge in [0.15, 0.2) is 5.16 Å². The first-order chi connectivity index (χ1) is 13.9. The van der Waals surface area contributed by atoms with E-state index in [1.54, 1.807) is 39.8 Å². The van der Waals surface area contributed by atoms with Crippen molar-refractivity contribution in [3.63, 3.8) is 0 Å². The topological polar surface area (TPSA) is 52.2 Å². The lowest BCUT2D eigenvalue weighted by Crippen LogP contribution is -2.22. The van der Waals surface area contributed by atoms with E-state index in [4.69, 9.17) is 11.6 Å². The Kier molecular flexibility index (Phi) is 4.72. The normalized spacial score (nSPS) is 16.8. The third-order valence-corrected chi connectivity index (χ3v) is 7.83. The van der Waals surface area contributed by atoms with E-state index in [9.17, 15) is 4.79 Å². The zero-order valence-electron chi connectivity index (χ0n) is 16.5.